The predicted octanol–water partition coefficient (Wildman–Crippen LogP) is -0.920. The van der Waals surface area contributed by atoms with E-state index in [0.29, 0.717) is 27.9 Å². The van der Waals surface area contributed by atoms with Crippen LogP contribution >= 0.6 is 11.8 Å². The van der Waals surface area contributed by atoms with Crippen LogP contribution in [-0.4, -0.2) is 101 Å². The Kier molecular flexibility index (Phi) is 6.65. The van der Waals surface area contributed by atoms with Crippen molar-refractivity contribution in [3.63, 3.8) is 0 Å². The zero-order valence-electron chi connectivity index (χ0n) is 16.5. The number of aromatic nitrogens is 1. The fourth-order valence-electron chi connectivity index (χ4n) is 3.41. The number of carbonyl (C=O) groups excluding carboxylic acids is 3. The van der Waals surface area contributed by atoms with E-state index in [1.54, 1.807) is 12.1 Å². The Bertz CT molecular complexity index is 936. The summed E-state index contributed by atoms with van der Waals surface area (Å²) < 4.78 is 32.0. The van der Waals surface area contributed by atoms with Crippen molar-refractivity contribution in [3.05, 3.63) is 23.9 Å². The van der Waals surface area contributed by atoms with Crippen LogP contribution in [-0.2, 0) is 19.9 Å². The molecule has 1 aromatic rings. The number of hydrogen-bond acceptors (Lipinski definition) is 8. The Morgan fingerprint density at radius 2 is 2.10 bits per heavy atom. The van der Waals surface area contributed by atoms with Gasteiger partial charge in [-0.05, 0) is 32.6 Å². The third-order valence-electron chi connectivity index (χ3n) is 4.89. The van der Waals surface area contributed by atoms with Gasteiger partial charge in [-0.3, -0.25) is 18.9 Å². The summed E-state index contributed by atoms with van der Waals surface area (Å²) in [5, 5.41) is 3.33. The third-order valence-corrected chi connectivity index (χ3v) is 6.77. The van der Waals surface area contributed by atoms with E-state index in [1.165, 1.54) is 11.1 Å². The van der Waals surface area contributed by atoms with E-state index in [-0.39, 0.29) is 24.1 Å². The number of nitrogens with one attached hydrogen (secondary N) is 1. The molecule has 11 nitrogen and oxygen atoms in total. The fourth-order valence-corrected chi connectivity index (χ4v) is 5.04. The first-order valence-electron chi connectivity index (χ1n) is 9.21. The summed E-state index contributed by atoms with van der Waals surface area (Å²) in [5.74, 6) is -1.32. The molecule has 0 radical (unpaired) electrons. The van der Waals surface area contributed by atoms with Crippen LogP contribution in [0.15, 0.2) is 23.4 Å². The average molecular weight is 458 g/mol. The standard InChI is InChI=1S/C17H23N5O6S2/c1-20(2)8-6-18-16(24)11-3-4-13(19-9-11)29-10-14(23)21-7-5-12-15(21)17(25)22(12)30(26,27)28/h3-4,9,12,15H,5-8,10H2,1-2H3,(H,18,24)(H,26,27,28)/t12-,15+/m1/s1. The maximum atomic E-state index is 12.5. The van der Waals surface area contributed by atoms with Crippen LogP contribution in [0.2, 0.25) is 0 Å². The number of thioether (sulfide) groups is 1. The summed E-state index contributed by atoms with van der Waals surface area (Å²) in [4.78, 5) is 44.0. The molecule has 0 bridgehead atoms. The van der Waals surface area contributed by atoms with Crippen molar-refractivity contribution in [2.24, 2.45) is 0 Å². The maximum Gasteiger partial charge on any atom is 0.362 e. The van der Waals surface area contributed by atoms with E-state index in [4.69, 9.17) is 4.55 Å². The number of fused-ring (bicyclic) bond motifs is 1. The minimum atomic E-state index is -4.60. The molecule has 2 atom stereocenters. The van der Waals surface area contributed by atoms with Crippen LogP contribution < -0.4 is 5.32 Å². The van der Waals surface area contributed by atoms with Gasteiger partial charge in [0.05, 0.1) is 22.4 Å². The van der Waals surface area contributed by atoms with Crippen LogP contribution in [0.1, 0.15) is 16.8 Å². The molecule has 164 valence electrons. The maximum absolute atomic E-state index is 12.5. The lowest BCUT2D eigenvalue weighted by molar-refractivity contribution is -0.150. The quantitative estimate of drug-likeness (QED) is 0.288. The van der Waals surface area contributed by atoms with Gasteiger partial charge >= 0.3 is 10.3 Å². The monoisotopic (exact) mass is 457 g/mol. The molecule has 0 unspecified atom stereocenters. The molecule has 2 aliphatic rings. The highest BCUT2D eigenvalue weighted by atomic mass is 32.2. The van der Waals surface area contributed by atoms with Crippen molar-refractivity contribution in [2.75, 3.05) is 39.5 Å². The Labute approximate surface area is 178 Å². The second-order valence-corrected chi connectivity index (χ2v) is 9.52. The fraction of sp³-hybridized carbons (Fsp3) is 0.529. The first kappa shape index (κ1) is 22.5. The molecule has 0 aromatic carbocycles. The average Bonchev–Trinajstić information content (AvgIpc) is 3.03. The van der Waals surface area contributed by atoms with Crippen molar-refractivity contribution in [2.45, 2.75) is 23.5 Å². The van der Waals surface area contributed by atoms with E-state index < -0.39 is 28.3 Å². The lowest BCUT2D eigenvalue weighted by Crippen LogP contribution is -2.68. The van der Waals surface area contributed by atoms with E-state index in [1.807, 2.05) is 19.0 Å². The van der Waals surface area contributed by atoms with Gasteiger partial charge in [0.25, 0.3) is 11.8 Å². The normalized spacial score (nSPS) is 20.9. The smallest absolute Gasteiger partial charge is 0.351 e. The zero-order chi connectivity index (χ0) is 22.1. The van der Waals surface area contributed by atoms with E-state index >= 15 is 0 Å². The van der Waals surface area contributed by atoms with Crippen molar-refractivity contribution in [1.29, 1.82) is 0 Å². The number of likely N-dealkylation sites (tertiary alicyclic amines) is 1. The molecule has 3 heterocycles. The van der Waals surface area contributed by atoms with Crippen molar-refractivity contribution >= 4 is 39.8 Å². The van der Waals surface area contributed by atoms with Gasteiger partial charge in [-0.2, -0.15) is 8.42 Å². The van der Waals surface area contributed by atoms with Gasteiger partial charge < -0.3 is 15.1 Å². The third kappa shape index (κ3) is 4.74. The Hall–Kier alpha value is -2.22. The molecule has 3 amide bonds. The number of nitrogens with zero attached hydrogens (tertiary/aromatic N) is 4. The van der Waals surface area contributed by atoms with Crippen LogP contribution in [0.5, 0.6) is 0 Å². The Morgan fingerprint density at radius 3 is 2.70 bits per heavy atom. The number of pyridine rings is 1. The first-order valence-corrected chi connectivity index (χ1v) is 11.6. The molecule has 2 aliphatic heterocycles. The molecule has 3 rings (SSSR count). The van der Waals surface area contributed by atoms with Crippen molar-refractivity contribution in [3.8, 4) is 0 Å². The summed E-state index contributed by atoms with van der Waals surface area (Å²) >= 11 is 1.16. The van der Waals surface area contributed by atoms with E-state index in [9.17, 15) is 22.8 Å². The summed E-state index contributed by atoms with van der Waals surface area (Å²) in [6, 6.07) is 1.71. The van der Waals surface area contributed by atoms with Gasteiger partial charge in [-0.25, -0.2) is 9.29 Å². The highest BCUT2D eigenvalue weighted by molar-refractivity contribution is 7.99. The largest absolute Gasteiger partial charge is 0.362 e. The number of likely N-dealkylation sites (N-methyl/N-ethyl adjacent to an activating group) is 1. The molecule has 30 heavy (non-hydrogen) atoms. The molecule has 0 spiro atoms. The molecule has 2 fully saturated rings. The Morgan fingerprint density at radius 1 is 1.37 bits per heavy atom. The van der Waals surface area contributed by atoms with E-state index in [2.05, 4.69) is 10.3 Å². The number of hydrogen-bond donors (Lipinski definition) is 2. The summed E-state index contributed by atoms with van der Waals surface area (Å²) in [5.41, 5.74) is 0.414. The first-order chi connectivity index (χ1) is 14.1. The van der Waals surface area contributed by atoms with Crippen LogP contribution in [0.4, 0.5) is 0 Å². The second kappa shape index (κ2) is 8.88. The molecule has 2 saturated heterocycles. The minimum Gasteiger partial charge on any atom is -0.351 e. The van der Waals surface area contributed by atoms with E-state index in [0.717, 1.165) is 18.3 Å². The molecule has 0 saturated carbocycles. The van der Waals surface area contributed by atoms with Gasteiger partial charge in [0, 0.05) is 25.8 Å². The highest BCUT2D eigenvalue weighted by Crippen LogP contribution is 2.36. The minimum absolute atomic E-state index is 0.0176. The van der Waals surface area contributed by atoms with Crippen molar-refractivity contribution in [1.82, 2.24) is 24.4 Å². The van der Waals surface area contributed by atoms with Gasteiger partial charge in [0.2, 0.25) is 5.91 Å². The van der Waals surface area contributed by atoms with Crippen molar-refractivity contribution < 1.29 is 27.4 Å². The zero-order valence-corrected chi connectivity index (χ0v) is 18.1. The SMILES string of the molecule is CN(C)CCNC(=O)c1ccc(SCC(=O)N2CC[C@@H]3[C@H]2C(=O)N3S(=O)(=O)O)nc1. The van der Waals surface area contributed by atoms with Gasteiger partial charge in [0.15, 0.2) is 0 Å². The number of amides is 3. The van der Waals surface area contributed by atoms with Crippen LogP contribution in [0.25, 0.3) is 0 Å². The lowest BCUT2D eigenvalue weighted by atomic mass is 10.0. The molecule has 0 aliphatic carbocycles. The van der Waals surface area contributed by atoms with Crippen LogP contribution in [0.3, 0.4) is 0 Å². The molecule has 13 heteroatoms. The van der Waals surface area contributed by atoms with Gasteiger partial charge in [-0.15, -0.1) is 0 Å². The molecule has 2 N–H and O–H groups in total. The lowest BCUT2D eigenvalue weighted by Gasteiger charge is -2.42. The number of β-lactam (4-membered cyclic amide) rings is 1. The molecule has 1 aromatic heterocycles. The molecular weight excluding hydrogens is 434 g/mol. The topological polar surface area (TPSA) is 140 Å². The summed E-state index contributed by atoms with van der Waals surface area (Å²) in [7, 11) is -0.777. The van der Waals surface area contributed by atoms with Gasteiger partial charge in [0.1, 0.15) is 6.04 Å². The summed E-state index contributed by atoms with van der Waals surface area (Å²) in [6.07, 6.45) is 1.73. The van der Waals surface area contributed by atoms with Gasteiger partial charge in [-0.1, -0.05) is 11.8 Å². The second-order valence-electron chi connectivity index (χ2n) is 7.23. The Balaban J connectivity index is 1.50. The predicted molar refractivity (Wildman–Crippen MR) is 108 cm³/mol. The molecular formula is C17H23N5O6S2. The number of carbonyl (C=O) groups is 3. The van der Waals surface area contributed by atoms with Crippen LogP contribution in [0, 0.1) is 0 Å². The highest BCUT2D eigenvalue weighted by Gasteiger charge is 2.59. The summed E-state index contributed by atoms with van der Waals surface area (Å²) in [6.45, 7) is 1.48. The number of rotatable bonds is 8.